The molecule has 2 unspecified atom stereocenters. The fraction of sp³-hybridized carbons (Fsp3) is 0.562. The zero-order valence-electron chi connectivity index (χ0n) is 11.7. The Balaban J connectivity index is 1.80. The zero-order valence-corrected chi connectivity index (χ0v) is 11.7. The van der Waals surface area contributed by atoms with Gasteiger partial charge in [0.05, 0.1) is 12.0 Å². The van der Waals surface area contributed by atoms with Gasteiger partial charge in [-0.1, -0.05) is 37.3 Å². The van der Waals surface area contributed by atoms with E-state index in [1.54, 1.807) is 0 Å². The number of nitriles is 1. The van der Waals surface area contributed by atoms with E-state index in [-0.39, 0.29) is 5.92 Å². The summed E-state index contributed by atoms with van der Waals surface area (Å²) in [5.41, 5.74) is 1.11. The Morgan fingerprint density at radius 1 is 1.42 bits per heavy atom. The Hall–Kier alpha value is -1.37. The molecule has 0 bridgehead atoms. The Morgan fingerprint density at radius 2 is 2.21 bits per heavy atom. The van der Waals surface area contributed by atoms with Gasteiger partial charge in [0.2, 0.25) is 0 Å². The highest BCUT2D eigenvalue weighted by Crippen LogP contribution is 2.17. The van der Waals surface area contributed by atoms with Gasteiger partial charge in [-0.3, -0.25) is 4.90 Å². The third-order valence-corrected chi connectivity index (χ3v) is 3.99. The highest BCUT2D eigenvalue weighted by Gasteiger charge is 2.22. The Bertz CT molecular complexity index is 410. The van der Waals surface area contributed by atoms with Gasteiger partial charge in [0.25, 0.3) is 0 Å². The summed E-state index contributed by atoms with van der Waals surface area (Å²) in [5, 5.41) is 12.7. The second kappa shape index (κ2) is 7.28. The van der Waals surface area contributed by atoms with E-state index in [1.165, 1.54) is 19.4 Å². The lowest BCUT2D eigenvalue weighted by molar-refractivity contribution is 0.260. The van der Waals surface area contributed by atoms with Crippen LogP contribution in [0.3, 0.4) is 0 Å². The van der Waals surface area contributed by atoms with Crippen molar-refractivity contribution in [2.75, 3.05) is 26.2 Å². The zero-order chi connectivity index (χ0) is 13.5. The molecule has 1 saturated heterocycles. The summed E-state index contributed by atoms with van der Waals surface area (Å²) in [6.07, 6.45) is 2.59. The minimum absolute atomic E-state index is 0.0438. The van der Waals surface area contributed by atoms with Crippen molar-refractivity contribution in [1.82, 2.24) is 10.2 Å². The molecule has 1 aromatic rings. The third-order valence-electron chi connectivity index (χ3n) is 3.99. The van der Waals surface area contributed by atoms with Crippen LogP contribution in [0.2, 0.25) is 0 Å². The lowest BCUT2D eigenvalue weighted by atomic mass is 10.0. The van der Waals surface area contributed by atoms with Crippen LogP contribution in [-0.4, -0.2) is 37.1 Å². The predicted molar refractivity (Wildman–Crippen MR) is 77.9 cm³/mol. The molecule has 3 heteroatoms. The minimum Gasteiger partial charge on any atom is -0.314 e. The Morgan fingerprint density at radius 3 is 2.89 bits per heavy atom. The summed E-state index contributed by atoms with van der Waals surface area (Å²) in [4.78, 5) is 2.52. The smallest absolute Gasteiger partial charge is 0.0837 e. The van der Waals surface area contributed by atoms with Gasteiger partial charge < -0.3 is 5.32 Å². The van der Waals surface area contributed by atoms with Crippen LogP contribution >= 0.6 is 0 Å². The SMILES string of the molecule is CCN1CCCC1CNCC(C#N)c1ccccc1. The molecule has 1 heterocycles. The molecule has 1 N–H and O–H groups in total. The Labute approximate surface area is 116 Å². The fourth-order valence-electron chi connectivity index (χ4n) is 2.86. The molecule has 1 aromatic carbocycles. The summed E-state index contributed by atoms with van der Waals surface area (Å²) in [5.74, 6) is -0.0438. The van der Waals surface area contributed by atoms with Gasteiger partial charge in [0.15, 0.2) is 0 Å². The normalized spacial score (nSPS) is 21.2. The van der Waals surface area contributed by atoms with E-state index in [1.807, 2.05) is 30.3 Å². The quantitative estimate of drug-likeness (QED) is 0.850. The third kappa shape index (κ3) is 3.79. The van der Waals surface area contributed by atoms with E-state index in [4.69, 9.17) is 0 Å². The van der Waals surface area contributed by atoms with Crippen LogP contribution in [0.4, 0.5) is 0 Å². The average molecular weight is 257 g/mol. The van der Waals surface area contributed by atoms with Crippen molar-refractivity contribution in [2.24, 2.45) is 0 Å². The molecule has 102 valence electrons. The molecule has 0 amide bonds. The molecular weight excluding hydrogens is 234 g/mol. The van der Waals surface area contributed by atoms with Gasteiger partial charge in [-0.05, 0) is 31.5 Å². The monoisotopic (exact) mass is 257 g/mol. The first-order chi connectivity index (χ1) is 9.35. The fourth-order valence-corrected chi connectivity index (χ4v) is 2.86. The molecule has 1 aliphatic rings. The Kier molecular flexibility index (Phi) is 5.38. The molecule has 1 aliphatic heterocycles. The van der Waals surface area contributed by atoms with Gasteiger partial charge in [-0.15, -0.1) is 0 Å². The van der Waals surface area contributed by atoms with Crippen molar-refractivity contribution >= 4 is 0 Å². The van der Waals surface area contributed by atoms with Crippen LogP contribution in [-0.2, 0) is 0 Å². The van der Waals surface area contributed by atoms with Crippen molar-refractivity contribution < 1.29 is 0 Å². The second-order valence-corrected chi connectivity index (χ2v) is 5.18. The van der Waals surface area contributed by atoms with Crippen molar-refractivity contribution in [3.05, 3.63) is 35.9 Å². The second-order valence-electron chi connectivity index (χ2n) is 5.18. The summed E-state index contributed by atoms with van der Waals surface area (Å²) >= 11 is 0. The van der Waals surface area contributed by atoms with Crippen LogP contribution in [0.5, 0.6) is 0 Å². The predicted octanol–water partition coefficient (Wildman–Crippen LogP) is 2.37. The molecule has 0 spiro atoms. The molecule has 19 heavy (non-hydrogen) atoms. The van der Waals surface area contributed by atoms with Crippen LogP contribution in [0.25, 0.3) is 0 Å². The molecule has 2 atom stereocenters. The van der Waals surface area contributed by atoms with Gasteiger partial charge >= 0.3 is 0 Å². The van der Waals surface area contributed by atoms with Crippen molar-refractivity contribution in [2.45, 2.75) is 31.7 Å². The van der Waals surface area contributed by atoms with E-state index in [0.717, 1.165) is 25.2 Å². The molecule has 2 rings (SSSR count). The van der Waals surface area contributed by atoms with E-state index in [0.29, 0.717) is 6.04 Å². The van der Waals surface area contributed by atoms with Crippen molar-refractivity contribution in [1.29, 1.82) is 5.26 Å². The van der Waals surface area contributed by atoms with Crippen LogP contribution in [0, 0.1) is 11.3 Å². The van der Waals surface area contributed by atoms with Crippen LogP contribution in [0.15, 0.2) is 30.3 Å². The minimum atomic E-state index is -0.0438. The van der Waals surface area contributed by atoms with E-state index >= 15 is 0 Å². The van der Waals surface area contributed by atoms with Gasteiger partial charge in [-0.2, -0.15) is 5.26 Å². The number of nitrogens with zero attached hydrogens (tertiary/aromatic N) is 2. The molecule has 0 aliphatic carbocycles. The number of nitrogens with one attached hydrogen (secondary N) is 1. The van der Waals surface area contributed by atoms with Crippen LogP contribution < -0.4 is 5.32 Å². The van der Waals surface area contributed by atoms with Crippen molar-refractivity contribution in [3.8, 4) is 6.07 Å². The number of hydrogen-bond acceptors (Lipinski definition) is 3. The number of benzene rings is 1. The topological polar surface area (TPSA) is 39.1 Å². The van der Waals surface area contributed by atoms with E-state index in [9.17, 15) is 5.26 Å². The lowest BCUT2D eigenvalue weighted by Gasteiger charge is -2.23. The molecule has 1 fully saturated rings. The maximum absolute atomic E-state index is 9.27. The first-order valence-electron chi connectivity index (χ1n) is 7.24. The van der Waals surface area contributed by atoms with E-state index < -0.39 is 0 Å². The summed E-state index contributed by atoms with van der Waals surface area (Å²) in [6, 6.07) is 13.1. The molecule has 0 saturated carbocycles. The van der Waals surface area contributed by atoms with Crippen LogP contribution in [0.1, 0.15) is 31.2 Å². The lowest BCUT2D eigenvalue weighted by Crippen LogP contribution is -2.38. The number of rotatable bonds is 6. The first-order valence-corrected chi connectivity index (χ1v) is 7.24. The highest BCUT2D eigenvalue weighted by molar-refractivity contribution is 5.25. The number of hydrogen-bond donors (Lipinski definition) is 1. The molecular formula is C16H23N3. The molecule has 3 nitrogen and oxygen atoms in total. The highest BCUT2D eigenvalue weighted by atomic mass is 15.2. The summed E-state index contributed by atoms with van der Waals surface area (Å²) in [6.45, 7) is 6.32. The van der Waals surface area contributed by atoms with Gasteiger partial charge in [0.1, 0.15) is 0 Å². The number of likely N-dealkylation sites (N-methyl/N-ethyl adjacent to an activating group) is 1. The summed E-state index contributed by atoms with van der Waals surface area (Å²) in [7, 11) is 0. The number of likely N-dealkylation sites (tertiary alicyclic amines) is 1. The molecule has 0 radical (unpaired) electrons. The van der Waals surface area contributed by atoms with E-state index in [2.05, 4.69) is 23.2 Å². The van der Waals surface area contributed by atoms with Gasteiger partial charge in [-0.25, -0.2) is 0 Å². The summed E-state index contributed by atoms with van der Waals surface area (Å²) < 4.78 is 0. The maximum Gasteiger partial charge on any atom is 0.0837 e. The maximum atomic E-state index is 9.27. The first kappa shape index (κ1) is 14.0. The van der Waals surface area contributed by atoms with Crippen molar-refractivity contribution in [3.63, 3.8) is 0 Å². The largest absolute Gasteiger partial charge is 0.314 e. The molecule has 0 aromatic heterocycles. The average Bonchev–Trinajstić information content (AvgIpc) is 2.92. The standard InChI is InChI=1S/C16H23N3/c1-2-19-10-6-9-16(19)13-18-12-15(11-17)14-7-4-3-5-8-14/h3-5,7-8,15-16,18H,2,6,9-10,12-13H2,1H3. The van der Waals surface area contributed by atoms with Gasteiger partial charge in [0, 0.05) is 19.1 Å².